The molecule has 0 radical (unpaired) electrons. The number of carbonyl (C=O) groups is 2. The van der Waals surface area contributed by atoms with Gasteiger partial charge in [0.1, 0.15) is 11.4 Å². The molecule has 0 unspecified atom stereocenters. The van der Waals surface area contributed by atoms with E-state index in [1.165, 1.54) is 6.07 Å². The Kier molecular flexibility index (Phi) is 3.30. The van der Waals surface area contributed by atoms with Crippen LogP contribution in [0.5, 0.6) is 0 Å². The molecule has 0 spiro atoms. The van der Waals surface area contributed by atoms with Crippen molar-refractivity contribution >= 4 is 11.9 Å². The van der Waals surface area contributed by atoms with Crippen LogP contribution in [0.3, 0.4) is 0 Å². The molecule has 0 aliphatic carbocycles. The number of hydrogen-bond acceptors (Lipinski definition) is 2. The fourth-order valence-electron chi connectivity index (χ4n) is 2.05. The van der Waals surface area contributed by atoms with Crippen molar-refractivity contribution in [1.82, 2.24) is 10.2 Å². The number of rotatable bonds is 3. The van der Waals surface area contributed by atoms with Crippen LogP contribution in [0, 0.1) is 11.7 Å². The summed E-state index contributed by atoms with van der Waals surface area (Å²) in [7, 11) is 0. The first-order valence-electron chi connectivity index (χ1n) is 6.23. The second kappa shape index (κ2) is 4.64. The van der Waals surface area contributed by atoms with Gasteiger partial charge in [-0.15, -0.1) is 0 Å². The molecule has 1 fully saturated rings. The Morgan fingerprint density at radius 1 is 1.32 bits per heavy atom. The van der Waals surface area contributed by atoms with E-state index in [1.54, 1.807) is 25.1 Å². The number of urea groups is 1. The molecule has 1 aliphatic rings. The van der Waals surface area contributed by atoms with E-state index in [1.807, 2.05) is 13.8 Å². The number of carbonyl (C=O) groups excluding carboxylic acids is 2. The number of hydrogen-bond donors (Lipinski definition) is 1. The molecule has 102 valence electrons. The molecule has 4 nitrogen and oxygen atoms in total. The van der Waals surface area contributed by atoms with E-state index in [4.69, 9.17) is 0 Å². The summed E-state index contributed by atoms with van der Waals surface area (Å²) in [5, 5.41) is 2.68. The summed E-state index contributed by atoms with van der Waals surface area (Å²) in [5.74, 6) is -0.758. The molecule has 1 aliphatic heterocycles. The van der Waals surface area contributed by atoms with Crippen molar-refractivity contribution in [2.24, 2.45) is 5.92 Å². The topological polar surface area (TPSA) is 49.4 Å². The summed E-state index contributed by atoms with van der Waals surface area (Å²) in [4.78, 5) is 25.3. The van der Waals surface area contributed by atoms with E-state index < -0.39 is 17.4 Å². The molecule has 1 atom stereocenters. The van der Waals surface area contributed by atoms with Gasteiger partial charge in [-0.05, 0) is 18.9 Å². The van der Waals surface area contributed by atoms with Crippen LogP contribution >= 0.6 is 0 Å². The number of imide groups is 1. The van der Waals surface area contributed by atoms with Gasteiger partial charge in [0.25, 0.3) is 5.91 Å². The van der Waals surface area contributed by atoms with Crippen LogP contribution in [0.1, 0.15) is 26.3 Å². The molecule has 3 amide bonds. The lowest BCUT2D eigenvalue weighted by atomic mass is 9.88. The summed E-state index contributed by atoms with van der Waals surface area (Å²) < 4.78 is 13.6. The zero-order chi connectivity index (χ0) is 14.2. The van der Waals surface area contributed by atoms with Crippen LogP contribution < -0.4 is 5.32 Å². The van der Waals surface area contributed by atoms with Gasteiger partial charge < -0.3 is 5.32 Å². The maximum atomic E-state index is 13.6. The fourth-order valence-corrected chi connectivity index (χ4v) is 2.05. The van der Waals surface area contributed by atoms with Gasteiger partial charge in [-0.3, -0.25) is 9.69 Å². The third-order valence-electron chi connectivity index (χ3n) is 3.74. The van der Waals surface area contributed by atoms with E-state index in [-0.39, 0.29) is 18.4 Å². The highest BCUT2D eigenvalue weighted by atomic mass is 19.1. The Labute approximate surface area is 111 Å². The van der Waals surface area contributed by atoms with Crippen LogP contribution in [0.25, 0.3) is 0 Å². The predicted octanol–water partition coefficient (Wildman–Crippen LogP) is 2.29. The highest BCUT2D eigenvalue weighted by Gasteiger charge is 2.49. The Morgan fingerprint density at radius 3 is 2.47 bits per heavy atom. The molecule has 1 heterocycles. The van der Waals surface area contributed by atoms with Crippen molar-refractivity contribution in [1.29, 1.82) is 0 Å². The summed E-state index contributed by atoms with van der Waals surface area (Å²) in [6, 6.07) is 5.67. The minimum absolute atomic E-state index is 0.0328. The number of nitrogens with one attached hydrogen (secondary N) is 1. The number of benzene rings is 1. The zero-order valence-electron chi connectivity index (χ0n) is 11.2. The second-order valence-corrected chi connectivity index (χ2v) is 5.27. The minimum atomic E-state index is -0.914. The predicted molar refractivity (Wildman–Crippen MR) is 68.7 cm³/mol. The van der Waals surface area contributed by atoms with Gasteiger partial charge in [0.05, 0.1) is 6.54 Å². The maximum absolute atomic E-state index is 13.6. The first kappa shape index (κ1) is 13.5. The lowest BCUT2D eigenvalue weighted by Crippen LogP contribution is -2.48. The molecular weight excluding hydrogens is 247 g/mol. The maximum Gasteiger partial charge on any atom is 0.325 e. The normalized spacial score (nSPS) is 23.1. The van der Waals surface area contributed by atoms with E-state index in [9.17, 15) is 14.0 Å². The smallest absolute Gasteiger partial charge is 0.323 e. The Bertz CT molecular complexity index is 530. The third kappa shape index (κ3) is 2.20. The molecule has 0 aromatic heterocycles. The molecule has 0 saturated carbocycles. The first-order chi connectivity index (χ1) is 8.86. The molecule has 2 rings (SSSR count). The van der Waals surface area contributed by atoms with Crippen molar-refractivity contribution in [3.63, 3.8) is 0 Å². The van der Waals surface area contributed by atoms with Crippen molar-refractivity contribution in [3.8, 4) is 0 Å². The van der Waals surface area contributed by atoms with Crippen molar-refractivity contribution in [3.05, 3.63) is 35.6 Å². The van der Waals surface area contributed by atoms with Gasteiger partial charge in [0, 0.05) is 5.56 Å². The van der Waals surface area contributed by atoms with E-state index >= 15 is 0 Å². The van der Waals surface area contributed by atoms with Crippen molar-refractivity contribution < 1.29 is 14.0 Å². The lowest BCUT2D eigenvalue weighted by molar-refractivity contribution is -0.132. The van der Waals surface area contributed by atoms with Gasteiger partial charge in [-0.25, -0.2) is 9.18 Å². The molecule has 19 heavy (non-hydrogen) atoms. The SMILES string of the molecule is CC(C)[C@]1(C)NC(=O)N(Cc2ccccc2F)C1=O. The monoisotopic (exact) mass is 264 g/mol. The van der Waals surface area contributed by atoms with Crippen LogP contribution in [-0.2, 0) is 11.3 Å². The quantitative estimate of drug-likeness (QED) is 0.851. The fraction of sp³-hybridized carbons (Fsp3) is 0.429. The summed E-state index contributed by atoms with van der Waals surface area (Å²) >= 11 is 0. The minimum Gasteiger partial charge on any atom is -0.323 e. The Morgan fingerprint density at radius 2 is 1.95 bits per heavy atom. The van der Waals surface area contributed by atoms with Crippen LogP contribution in [0.4, 0.5) is 9.18 Å². The second-order valence-electron chi connectivity index (χ2n) is 5.27. The standard InChI is InChI=1S/C14H17FN2O2/c1-9(2)14(3)12(18)17(13(19)16-14)8-10-6-4-5-7-11(10)15/h4-7,9H,8H2,1-3H3,(H,16,19)/t14-/m0/s1. The molecule has 1 aromatic rings. The van der Waals surface area contributed by atoms with Gasteiger partial charge in [0.2, 0.25) is 0 Å². The third-order valence-corrected chi connectivity index (χ3v) is 3.74. The molecule has 1 aromatic carbocycles. The van der Waals surface area contributed by atoms with Gasteiger partial charge >= 0.3 is 6.03 Å². The van der Waals surface area contributed by atoms with Crippen LogP contribution in [0.15, 0.2) is 24.3 Å². The van der Waals surface area contributed by atoms with Gasteiger partial charge in [-0.1, -0.05) is 32.0 Å². The lowest BCUT2D eigenvalue weighted by Gasteiger charge is -2.25. The van der Waals surface area contributed by atoms with Gasteiger partial charge in [0.15, 0.2) is 0 Å². The van der Waals surface area contributed by atoms with Crippen LogP contribution in [0.2, 0.25) is 0 Å². The zero-order valence-corrected chi connectivity index (χ0v) is 11.2. The van der Waals surface area contributed by atoms with E-state index in [2.05, 4.69) is 5.32 Å². The van der Waals surface area contributed by atoms with E-state index in [0.29, 0.717) is 5.56 Å². The summed E-state index contributed by atoms with van der Waals surface area (Å²) in [5.41, 5.74) is -0.582. The first-order valence-corrected chi connectivity index (χ1v) is 6.23. The van der Waals surface area contributed by atoms with Gasteiger partial charge in [-0.2, -0.15) is 0 Å². The van der Waals surface area contributed by atoms with Crippen LogP contribution in [-0.4, -0.2) is 22.4 Å². The molecule has 1 N–H and O–H groups in total. The summed E-state index contributed by atoms with van der Waals surface area (Å²) in [6.45, 7) is 5.38. The van der Waals surface area contributed by atoms with Crippen molar-refractivity contribution in [2.45, 2.75) is 32.9 Å². The highest BCUT2D eigenvalue weighted by Crippen LogP contribution is 2.26. The van der Waals surface area contributed by atoms with E-state index in [0.717, 1.165) is 4.90 Å². The molecule has 5 heteroatoms. The average molecular weight is 264 g/mol. The average Bonchev–Trinajstić information content (AvgIpc) is 2.57. The number of halogens is 1. The molecular formula is C14H17FN2O2. The van der Waals surface area contributed by atoms with Crippen molar-refractivity contribution in [2.75, 3.05) is 0 Å². The summed E-state index contributed by atoms with van der Waals surface area (Å²) in [6.07, 6.45) is 0. The molecule has 0 bridgehead atoms. The largest absolute Gasteiger partial charge is 0.325 e. The Balaban J connectivity index is 2.25. The number of amides is 3. The number of nitrogens with zero attached hydrogens (tertiary/aromatic N) is 1. The highest BCUT2D eigenvalue weighted by molar-refractivity contribution is 6.06. The molecule has 1 saturated heterocycles. The Hall–Kier alpha value is -1.91.